The molecule has 0 aliphatic carbocycles. The second-order valence-electron chi connectivity index (χ2n) is 5.79. The fourth-order valence-corrected chi connectivity index (χ4v) is 4.03. The Morgan fingerprint density at radius 2 is 1.75 bits per heavy atom. The van der Waals surface area contributed by atoms with Crippen LogP contribution in [0.25, 0.3) is 0 Å². The molecule has 1 fully saturated rings. The molecule has 7 heteroatoms. The average molecular weight is 384 g/mol. The standard InChI is InChI=1S/C17H19Cl2N3OS/c18-14-3-1-2-4-15(14)20-17(23)12-22-9-7-21(8-10-22)11-13-5-6-16(19)24-13/h1-6H,7-12H2,(H,20,23). The van der Waals surface area contributed by atoms with Gasteiger partial charge in [-0.1, -0.05) is 35.3 Å². The van der Waals surface area contributed by atoms with E-state index >= 15 is 0 Å². The first-order valence-corrected chi connectivity index (χ1v) is 9.41. The van der Waals surface area contributed by atoms with Gasteiger partial charge < -0.3 is 5.32 Å². The quantitative estimate of drug-likeness (QED) is 0.852. The number of nitrogens with zero attached hydrogens (tertiary/aromatic N) is 2. The van der Waals surface area contributed by atoms with Crippen molar-refractivity contribution in [2.75, 3.05) is 38.0 Å². The lowest BCUT2D eigenvalue weighted by Crippen LogP contribution is -2.48. The number of anilines is 1. The number of thiophene rings is 1. The number of amides is 1. The molecule has 2 aromatic rings. The van der Waals surface area contributed by atoms with Gasteiger partial charge in [-0.3, -0.25) is 14.6 Å². The predicted molar refractivity (Wildman–Crippen MR) is 101 cm³/mol. The Kier molecular flexibility index (Phi) is 6.14. The molecule has 0 atom stereocenters. The topological polar surface area (TPSA) is 35.6 Å². The van der Waals surface area contributed by atoms with E-state index in [-0.39, 0.29) is 5.91 Å². The van der Waals surface area contributed by atoms with Gasteiger partial charge in [-0.05, 0) is 24.3 Å². The molecule has 1 aliphatic heterocycles. The van der Waals surface area contributed by atoms with Crippen molar-refractivity contribution in [2.24, 2.45) is 0 Å². The number of nitrogens with one attached hydrogen (secondary N) is 1. The van der Waals surface area contributed by atoms with Gasteiger partial charge in [0, 0.05) is 37.6 Å². The average Bonchev–Trinajstić information content (AvgIpc) is 2.96. The molecule has 3 rings (SSSR count). The molecule has 1 aromatic heterocycles. The van der Waals surface area contributed by atoms with E-state index in [0.717, 1.165) is 37.1 Å². The number of piperazine rings is 1. The number of hydrogen-bond donors (Lipinski definition) is 1. The second-order valence-corrected chi connectivity index (χ2v) is 7.99. The van der Waals surface area contributed by atoms with Crippen LogP contribution in [0.15, 0.2) is 36.4 Å². The zero-order valence-corrected chi connectivity index (χ0v) is 15.5. The molecule has 4 nitrogen and oxygen atoms in total. The van der Waals surface area contributed by atoms with Gasteiger partial charge in [0.1, 0.15) is 0 Å². The van der Waals surface area contributed by atoms with Crippen molar-refractivity contribution in [1.82, 2.24) is 9.80 Å². The highest BCUT2D eigenvalue weighted by Crippen LogP contribution is 2.23. The maximum atomic E-state index is 12.2. The lowest BCUT2D eigenvalue weighted by Gasteiger charge is -2.34. The molecule has 0 saturated carbocycles. The van der Waals surface area contributed by atoms with Crippen molar-refractivity contribution in [2.45, 2.75) is 6.54 Å². The van der Waals surface area contributed by atoms with E-state index in [9.17, 15) is 4.79 Å². The molecule has 0 bridgehead atoms. The summed E-state index contributed by atoms with van der Waals surface area (Å²) in [5.74, 6) is -0.0263. The Morgan fingerprint density at radius 1 is 1.04 bits per heavy atom. The molecule has 1 aromatic carbocycles. The zero-order chi connectivity index (χ0) is 16.9. The molecule has 1 saturated heterocycles. The molecule has 128 valence electrons. The van der Waals surface area contributed by atoms with E-state index in [2.05, 4.69) is 21.2 Å². The van der Waals surface area contributed by atoms with Crippen LogP contribution >= 0.6 is 34.5 Å². The van der Waals surface area contributed by atoms with Crippen LogP contribution in [0.2, 0.25) is 9.36 Å². The summed E-state index contributed by atoms with van der Waals surface area (Å²) in [4.78, 5) is 18.0. The Hall–Kier alpha value is -1.11. The third kappa shape index (κ3) is 4.94. The van der Waals surface area contributed by atoms with E-state index in [4.69, 9.17) is 23.2 Å². The van der Waals surface area contributed by atoms with Gasteiger partial charge in [0.05, 0.1) is 21.6 Å². The lowest BCUT2D eigenvalue weighted by molar-refractivity contribution is -0.117. The summed E-state index contributed by atoms with van der Waals surface area (Å²) in [7, 11) is 0. The number of para-hydroxylation sites is 1. The van der Waals surface area contributed by atoms with Crippen LogP contribution in [0, 0.1) is 0 Å². The molecule has 1 amide bonds. The molecular formula is C17H19Cl2N3OS. The SMILES string of the molecule is O=C(CN1CCN(Cc2ccc(Cl)s2)CC1)Nc1ccccc1Cl. The fraction of sp³-hybridized carbons (Fsp3) is 0.353. The molecule has 1 N–H and O–H groups in total. The number of carbonyl (C=O) groups is 1. The van der Waals surface area contributed by atoms with Crippen LogP contribution in [-0.2, 0) is 11.3 Å². The maximum Gasteiger partial charge on any atom is 0.238 e. The second kappa shape index (κ2) is 8.32. The summed E-state index contributed by atoms with van der Waals surface area (Å²) in [6.45, 7) is 4.99. The first-order valence-electron chi connectivity index (χ1n) is 7.83. The molecule has 1 aliphatic rings. The van der Waals surface area contributed by atoms with Crippen molar-refractivity contribution >= 4 is 46.1 Å². The summed E-state index contributed by atoms with van der Waals surface area (Å²) < 4.78 is 0.833. The minimum absolute atomic E-state index is 0.0263. The molecule has 2 heterocycles. The minimum atomic E-state index is -0.0263. The van der Waals surface area contributed by atoms with Gasteiger partial charge in [0.15, 0.2) is 0 Å². The summed E-state index contributed by atoms with van der Waals surface area (Å²) in [6.07, 6.45) is 0. The van der Waals surface area contributed by atoms with E-state index in [1.165, 1.54) is 4.88 Å². The summed E-state index contributed by atoms with van der Waals surface area (Å²) >= 11 is 13.7. The number of hydrogen-bond acceptors (Lipinski definition) is 4. The van der Waals surface area contributed by atoms with Gasteiger partial charge in [-0.15, -0.1) is 11.3 Å². The lowest BCUT2D eigenvalue weighted by atomic mass is 10.3. The monoisotopic (exact) mass is 383 g/mol. The Labute approximate surface area is 156 Å². The highest BCUT2D eigenvalue weighted by molar-refractivity contribution is 7.16. The third-order valence-corrected chi connectivity index (χ3v) is 5.53. The Balaban J connectivity index is 1.43. The smallest absolute Gasteiger partial charge is 0.238 e. The molecule has 0 spiro atoms. The highest BCUT2D eigenvalue weighted by Gasteiger charge is 2.19. The summed E-state index contributed by atoms with van der Waals surface area (Å²) in [6, 6.07) is 11.3. The van der Waals surface area contributed by atoms with Crippen LogP contribution in [0.4, 0.5) is 5.69 Å². The Morgan fingerprint density at radius 3 is 2.42 bits per heavy atom. The van der Waals surface area contributed by atoms with Crippen LogP contribution in [0.3, 0.4) is 0 Å². The van der Waals surface area contributed by atoms with Gasteiger partial charge in [-0.25, -0.2) is 0 Å². The predicted octanol–water partition coefficient (Wildman–Crippen LogP) is 3.81. The van der Waals surface area contributed by atoms with E-state index in [1.54, 1.807) is 17.4 Å². The molecular weight excluding hydrogens is 365 g/mol. The van der Waals surface area contributed by atoms with Crippen molar-refractivity contribution in [3.8, 4) is 0 Å². The van der Waals surface area contributed by atoms with Crippen molar-refractivity contribution < 1.29 is 4.79 Å². The summed E-state index contributed by atoms with van der Waals surface area (Å²) in [5.41, 5.74) is 0.664. The minimum Gasteiger partial charge on any atom is -0.324 e. The largest absolute Gasteiger partial charge is 0.324 e. The summed E-state index contributed by atoms with van der Waals surface area (Å²) in [5, 5.41) is 3.43. The van der Waals surface area contributed by atoms with Crippen LogP contribution in [-0.4, -0.2) is 48.4 Å². The number of rotatable bonds is 5. The first-order chi connectivity index (χ1) is 11.6. The molecule has 24 heavy (non-hydrogen) atoms. The van der Waals surface area contributed by atoms with Crippen LogP contribution < -0.4 is 5.32 Å². The number of halogens is 2. The van der Waals surface area contributed by atoms with E-state index in [0.29, 0.717) is 17.3 Å². The fourth-order valence-electron chi connectivity index (χ4n) is 2.72. The normalized spacial score (nSPS) is 16.2. The first kappa shape index (κ1) is 17.7. The van der Waals surface area contributed by atoms with Crippen molar-refractivity contribution in [3.05, 3.63) is 50.6 Å². The zero-order valence-electron chi connectivity index (χ0n) is 13.2. The van der Waals surface area contributed by atoms with Gasteiger partial charge in [0.2, 0.25) is 5.91 Å². The maximum absolute atomic E-state index is 12.2. The van der Waals surface area contributed by atoms with E-state index < -0.39 is 0 Å². The number of carbonyl (C=O) groups excluding carboxylic acids is 1. The highest BCUT2D eigenvalue weighted by atomic mass is 35.5. The number of benzene rings is 1. The van der Waals surface area contributed by atoms with Crippen molar-refractivity contribution in [3.63, 3.8) is 0 Å². The molecule has 0 radical (unpaired) electrons. The third-order valence-electron chi connectivity index (χ3n) is 3.99. The van der Waals surface area contributed by atoms with E-state index in [1.807, 2.05) is 24.3 Å². The van der Waals surface area contributed by atoms with Crippen LogP contribution in [0.1, 0.15) is 4.88 Å². The molecule has 0 unspecified atom stereocenters. The van der Waals surface area contributed by atoms with Gasteiger partial charge >= 0.3 is 0 Å². The van der Waals surface area contributed by atoms with Crippen molar-refractivity contribution in [1.29, 1.82) is 0 Å². The Bertz CT molecular complexity index is 699. The van der Waals surface area contributed by atoms with Gasteiger partial charge in [-0.2, -0.15) is 0 Å². The van der Waals surface area contributed by atoms with Gasteiger partial charge in [0.25, 0.3) is 0 Å². The van der Waals surface area contributed by atoms with Crippen LogP contribution in [0.5, 0.6) is 0 Å².